The SMILES string of the molecule is Cc1ccc(NCCN(Cc2cccs2)C2CC2)cc1. The number of rotatable bonds is 7. The molecule has 1 saturated carbocycles. The maximum Gasteiger partial charge on any atom is 0.0340 e. The Labute approximate surface area is 125 Å². The molecule has 0 saturated heterocycles. The van der Waals surface area contributed by atoms with Crippen LogP contribution in [0.5, 0.6) is 0 Å². The highest BCUT2D eigenvalue weighted by Crippen LogP contribution is 2.28. The van der Waals surface area contributed by atoms with Crippen molar-refractivity contribution in [2.45, 2.75) is 32.4 Å². The molecular weight excluding hydrogens is 264 g/mol. The molecule has 0 amide bonds. The van der Waals surface area contributed by atoms with E-state index in [1.807, 2.05) is 11.3 Å². The number of hydrogen-bond acceptors (Lipinski definition) is 3. The minimum absolute atomic E-state index is 0.817. The van der Waals surface area contributed by atoms with E-state index < -0.39 is 0 Å². The predicted molar refractivity (Wildman–Crippen MR) is 87.4 cm³/mol. The van der Waals surface area contributed by atoms with Gasteiger partial charge in [0.25, 0.3) is 0 Å². The second-order valence-corrected chi connectivity index (χ2v) is 6.61. The van der Waals surface area contributed by atoms with Gasteiger partial charge in [0.05, 0.1) is 0 Å². The van der Waals surface area contributed by atoms with Crippen molar-refractivity contribution in [2.75, 3.05) is 18.4 Å². The van der Waals surface area contributed by atoms with Crippen LogP contribution in [-0.4, -0.2) is 24.0 Å². The maximum absolute atomic E-state index is 3.53. The van der Waals surface area contributed by atoms with Gasteiger partial charge in [-0.15, -0.1) is 11.3 Å². The van der Waals surface area contributed by atoms with Crippen molar-refractivity contribution in [2.24, 2.45) is 0 Å². The molecular formula is C17H22N2S. The molecule has 106 valence electrons. The molecule has 1 aliphatic rings. The van der Waals surface area contributed by atoms with Crippen molar-refractivity contribution >= 4 is 17.0 Å². The molecule has 0 aliphatic heterocycles. The summed E-state index contributed by atoms with van der Waals surface area (Å²) in [6.07, 6.45) is 2.74. The molecule has 0 atom stereocenters. The fraction of sp³-hybridized carbons (Fsp3) is 0.412. The zero-order chi connectivity index (χ0) is 13.8. The van der Waals surface area contributed by atoms with Gasteiger partial charge in [-0.05, 0) is 43.3 Å². The lowest BCUT2D eigenvalue weighted by Gasteiger charge is -2.21. The number of hydrogen-bond donors (Lipinski definition) is 1. The van der Waals surface area contributed by atoms with Gasteiger partial charge in [0.15, 0.2) is 0 Å². The van der Waals surface area contributed by atoms with Crippen LogP contribution in [0.1, 0.15) is 23.3 Å². The third kappa shape index (κ3) is 3.84. The Bertz CT molecular complexity index is 514. The molecule has 0 spiro atoms. The van der Waals surface area contributed by atoms with Crippen LogP contribution in [0.15, 0.2) is 41.8 Å². The van der Waals surface area contributed by atoms with Gasteiger partial charge in [0.1, 0.15) is 0 Å². The topological polar surface area (TPSA) is 15.3 Å². The van der Waals surface area contributed by atoms with Crippen molar-refractivity contribution in [3.05, 3.63) is 52.2 Å². The van der Waals surface area contributed by atoms with Crippen LogP contribution in [0.2, 0.25) is 0 Å². The van der Waals surface area contributed by atoms with Crippen molar-refractivity contribution in [3.63, 3.8) is 0 Å². The van der Waals surface area contributed by atoms with Crippen LogP contribution in [-0.2, 0) is 6.54 Å². The second-order valence-electron chi connectivity index (χ2n) is 5.57. The zero-order valence-corrected chi connectivity index (χ0v) is 12.8. The van der Waals surface area contributed by atoms with E-state index in [2.05, 4.69) is 58.9 Å². The number of anilines is 1. The summed E-state index contributed by atoms with van der Waals surface area (Å²) in [5, 5.41) is 5.70. The molecule has 3 rings (SSSR count). The van der Waals surface area contributed by atoms with Crippen LogP contribution < -0.4 is 5.32 Å². The van der Waals surface area contributed by atoms with E-state index in [-0.39, 0.29) is 0 Å². The number of thiophene rings is 1. The fourth-order valence-corrected chi connectivity index (χ4v) is 3.18. The normalized spacial score (nSPS) is 14.7. The lowest BCUT2D eigenvalue weighted by molar-refractivity contribution is 0.267. The summed E-state index contributed by atoms with van der Waals surface area (Å²) < 4.78 is 0. The predicted octanol–water partition coefficient (Wildman–Crippen LogP) is 4.13. The summed E-state index contributed by atoms with van der Waals surface area (Å²) >= 11 is 1.87. The van der Waals surface area contributed by atoms with Gasteiger partial charge in [-0.25, -0.2) is 0 Å². The van der Waals surface area contributed by atoms with E-state index in [0.717, 1.165) is 25.7 Å². The van der Waals surface area contributed by atoms with Crippen LogP contribution in [0.3, 0.4) is 0 Å². The Morgan fingerprint density at radius 3 is 2.65 bits per heavy atom. The fourth-order valence-electron chi connectivity index (χ4n) is 2.45. The van der Waals surface area contributed by atoms with Gasteiger partial charge in [-0.3, -0.25) is 4.90 Å². The van der Waals surface area contributed by atoms with Crippen LogP contribution in [0.25, 0.3) is 0 Å². The Morgan fingerprint density at radius 1 is 1.20 bits per heavy atom. The number of benzene rings is 1. The van der Waals surface area contributed by atoms with Gasteiger partial charge >= 0.3 is 0 Å². The quantitative estimate of drug-likeness (QED) is 0.823. The summed E-state index contributed by atoms with van der Waals surface area (Å²) in [7, 11) is 0. The molecule has 1 N–H and O–H groups in total. The van der Waals surface area contributed by atoms with E-state index in [1.54, 1.807) is 0 Å². The van der Waals surface area contributed by atoms with E-state index in [1.165, 1.54) is 29.0 Å². The highest BCUT2D eigenvalue weighted by Gasteiger charge is 2.28. The lowest BCUT2D eigenvalue weighted by atomic mass is 10.2. The van der Waals surface area contributed by atoms with E-state index in [0.29, 0.717) is 0 Å². The van der Waals surface area contributed by atoms with Crippen molar-refractivity contribution < 1.29 is 0 Å². The zero-order valence-electron chi connectivity index (χ0n) is 12.0. The van der Waals surface area contributed by atoms with Gasteiger partial charge in [-0.2, -0.15) is 0 Å². The van der Waals surface area contributed by atoms with E-state index in [9.17, 15) is 0 Å². The highest BCUT2D eigenvalue weighted by molar-refractivity contribution is 7.09. The van der Waals surface area contributed by atoms with Crippen molar-refractivity contribution in [1.29, 1.82) is 0 Å². The smallest absolute Gasteiger partial charge is 0.0340 e. The molecule has 1 aliphatic carbocycles. The summed E-state index contributed by atoms with van der Waals surface area (Å²) in [6.45, 7) is 5.37. The van der Waals surface area contributed by atoms with E-state index >= 15 is 0 Å². The van der Waals surface area contributed by atoms with Crippen LogP contribution in [0, 0.1) is 6.92 Å². The Kier molecular flexibility index (Phi) is 4.38. The van der Waals surface area contributed by atoms with E-state index in [4.69, 9.17) is 0 Å². The molecule has 2 aromatic rings. The summed E-state index contributed by atoms with van der Waals surface area (Å²) in [6, 6.07) is 13.9. The number of aryl methyl sites for hydroxylation is 1. The Balaban J connectivity index is 1.48. The lowest BCUT2D eigenvalue weighted by Crippen LogP contribution is -2.30. The molecule has 0 unspecified atom stereocenters. The molecule has 1 aromatic heterocycles. The molecule has 2 nitrogen and oxygen atoms in total. The van der Waals surface area contributed by atoms with Gasteiger partial charge in [0.2, 0.25) is 0 Å². The third-order valence-electron chi connectivity index (χ3n) is 3.78. The maximum atomic E-state index is 3.53. The average molecular weight is 286 g/mol. The summed E-state index contributed by atoms with van der Waals surface area (Å²) in [5.41, 5.74) is 2.54. The first-order valence-electron chi connectivity index (χ1n) is 7.38. The monoisotopic (exact) mass is 286 g/mol. The first-order valence-corrected chi connectivity index (χ1v) is 8.26. The Hall–Kier alpha value is -1.32. The second kappa shape index (κ2) is 6.42. The van der Waals surface area contributed by atoms with Crippen molar-refractivity contribution in [1.82, 2.24) is 4.90 Å². The Morgan fingerprint density at radius 2 is 2.00 bits per heavy atom. The van der Waals surface area contributed by atoms with Crippen molar-refractivity contribution in [3.8, 4) is 0 Å². The first-order chi connectivity index (χ1) is 9.81. The van der Waals surface area contributed by atoms with Gasteiger partial charge in [-0.1, -0.05) is 23.8 Å². The van der Waals surface area contributed by atoms with Crippen LogP contribution >= 0.6 is 11.3 Å². The minimum atomic E-state index is 0.817. The molecule has 0 radical (unpaired) electrons. The first kappa shape index (κ1) is 13.7. The molecule has 20 heavy (non-hydrogen) atoms. The standard InChI is InChI=1S/C17H22N2S/c1-14-4-6-15(7-5-14)18-10-11-19(16-8-9-16)13-17-3-2-12-20-17/h2-7,12,16,18H,8-11,13H2,1H3. The van der Waals surface area contributed by atoms with Gasteiger partial charge < -0.3 is 5.32 Å². The number of nitrogens with one attached hydrogen (secondary N) is 1. The number of nitrogens with zero attached hydrogens (tertiary/aromatic N) is 1. The molecule has 1 aromatic carbocycles. The largest absolute Gasteiger partial charge is 0.384 e. The summed E-state index contributed by atoms with van der Waals surface area (Å²) in [5.74, 6) is 0. The van der Waals surface area contributed by atoms with Gasteiger partial charge in [0, 0.05) is 36.2 Å². The molecule has 3 heteroatoms. The minimum Gasteiger partial charge on any atom is -0.384 e. The van der Waals surface area contributed by atoms with Crippen LogP contribution in [0.4, 0.5) is 5.69 Å². The average Bonchev–Trinajstić information content (AvgIpc) is 3.18. The highest BCUT2D eigenvalue weighted by atomic mass is 32.1. The summed E-state index contributed by atoms with van der Waals surface area (Å²) in [4.78, 5) is 4.10. The molecule has 1 fully saturated rings. The third-order valence-corrected chi connectivity index (χ3v) is 4.64. The molecule has 1 heterocycles. The molecule has 0 bridgehead atoms.